The average Bonchev–Trinajstić information content (AvgIpc) is 2.03. The van der Waals surface area contributed by atoms with Crippen LogP contribution in [0.5, 0.6) is 0 Å². The van der Waals surface area contributed by atoms with Crippen LogP contribution in [0.15, 0.2) is 0 Å². The van der Waals surface area contributed by atoms with E-state index in [1.165, 1.54) is 7.11 Å². The van der Waals surface area contributed by atoms with Gasteiger partial charge in [0, 0.05) is 13.7 Å². The summed E-state index contributed by atoms with van der Waals surface area (Å²) in [6.45, 7) is 1.85. The molecule has 0 aliphatic heterocycles. The van der Waals surface area contributed by atoms with Gasteiger partial charge in [-0.05, 0) is 6.92 Å². The second-order valence-corrected chi connectivity index (χ2v) is 2.87. The summed E-state index contributed by atoms with van der Waals surface area (Å²) >= 11 is 0. The van der Waals surface area contributed by atoms with E-state index in [4.69, 9.17) is 20.9 Å². The molecule has 0 unspecified atom stereocenters. The summed E-state index contributed by atoms with van der Waals surface area (Å²) in [5, 5.41) is 0. The maximum absolute atomic E-state index is 11.1. The van der Waals surface area contributed by atoms with Crippen LogP contribution in [-0.4, -0.2) is 37.7 Å². The molecule has 0 fully saturated rings. The Labute approximate surface area is 82.5 Å². The van der Waals surface area contributed by atoms with E-state index in [2.05, 4.69) is 0 Å². The molecule has 0 saturated carbocycles. The summed E-state index contributed by atoms with van der Waals surface area (Å²) < 4.78 is 9.93. The topological polar surface area (TPSA) is 105 Å². The molecule has 0 spiro atoms. The first-order valence-electron chi connectivity index (χ1n) is 4.19. The highest BCUT2D eigenvalue weighted by molar-refractivity contribution is 5.89. The maximum atomic E-state index is 11.1. The summed E-state index contributed by atoms with van der Waals surface area (Å²) in [6, 6.07) is 0. The third kappa shape index (κ3) is 3.31. The molecule has 82 valence electrons. The Balaban J connectivity index is 4.73. The normalized spacial score (nSPS) is 14.7. The fourth-order valence-electron chi connectivity index (χ4n) is 1.16. The van der Waals surface area contributed by atoms with Gasteiger partial charge in [0.05, 0.1) is 13.0 Å². The van der Waals surface area contributed by atoms with Crippen LogP contribution in [0.25, 0.3) is 0 Å². The number of carbonyl (C=O) groups excluding carboxylic acids is 2. The zero-order valence-corrected chi connectivity index (χ0v) is 8.41. The first kappa shape index (κ1) is 12.9. The van der Waals surface area contributed by atoms with E-state index in [1.54, 1.807) is 6.92 Å². The van der Waals surface area contributed by atoms with Gasteiger partial charge in [-0.25, -0.2) is 0 Å². The minimum atomic E-state index is -1.44. The maximum Gasteiger partial charge on any atom is 0.252 e. The standard InChI is InChI=1S/C8H16N2O4/c1-3-14-8(5-13-2,7(10)12)4-6(9)11/h3-5H2,1-2H3,(H2,9,11)(H2,10,12)/t8-/m0/s1. The van der Waals surface area contributed by atoms with Crippen LogP contribution in [0.2, 0.25) is 0 Å². The van der Waals surface area contributed by atoms with Gasteiger partial charge in [0.15, 0.2) is 5.60 Å². The molecule has 6 nitrogen and oxygen atoms in total. The van der Waals surface area contributed by atoms with Crippen LogP contribution in [-0.2, 0) is 19.1 Å². The molecule has 14 heavy (non-hydrogen) atoms. The van der Waals surface area contributed by atoms with Gasteiger partial charge in [-0.2, -0.15) is 0 Å². The molecular weight excluding hydrogens is 188 g/mol. The Hall–Kier alpha value is -1.14. The molecule has 0 aliphatic carbocycles. The van der Waals surface area contributed by atoms with E-state index >= 15 is 0 Å². The van der Waals surface area contributed by atoms with Crippen molar-refractivity contribution in [2.24, 2.45) is 11.5 Å². The molecule has 4 N–H and O–H groups in total. The highest BCUT2D eigenvalue weighted by atomic mass is 16.5. The molecule has 0 bridgehead atoms. The number of amides is 2. The first-order valence-corrected chi connectivity index (χ1v) is 4.19. The van der Waals surface area contributed by atoms with Crippen molar-refractivity contribution in [2.45, 2.75) is 18.9 Å². The number of ether oxygens (including phenoxy) is 2. The summed E-state index contributed by atoms with van der Waals surface area (Å²) in [5.41, 5.74) is 8.70. The van der Waals surface area contributed by atoms with Crippen LogP contribution in [0.1, 0.15) is 13.3 Å². The molecule has 0 heterocycles. The van der Waals surface area contributed by atoms with Gasteiger partial charge >= 0.3 is 0 Å². The first-order chi connectivity index (χ1) is 6.48. The van der Waals surface area contributed by atoms with Crippen LogP contribution in [0, 0.1) is 0 Å². The molecule has 0 saturated heterocycles. The summed E-state index contributed by atoms with van der Waals surface area (Å²) in [5.74, 6) is -1.41. The Morgan fingerprint density at radius 3 is 2.21 bits per heavy atom. The third-order valence-corrected chi connectivity index (χ3v) is 1.71. The van der Waals surface area contributed by atoms with E-state index in [9.17, 15) is 9.59 Å². The Bertz CT molecular complexity index is 211. The van der Waals surface area contributed by atoms with Crippen molar-refractivity contribution < 1.29 is 19.1 Å². The van der Waals surface area contributed by atoms with E-state index < -0.39 is 17.4 Å². The lowest BCUT2D eigenvalue weighted by Gasteiger charge is -2.28. The van der Waals surface area contributed by atoms with Gasteiger partial charge in [0.1, 0.15) is 0 Å². The van der Waals surface area contributed by atoms with Crippen molar-refractivity contribution in [3.05, 3.63) is 0 Å². The van der Waals surface area contributed by atoms with Gasteiger partial charge < -0.3 is 20.9 Å². The summed E-state index contributed by atoms with van der Waals surface area (Å²) in [7, 11) is 1.39. The van der Waals surface area contributed by atoms with Crippen LogP contribution in [0.4, 0.5) is 0 Å². The van der Waals surface area contributed by atoms with Gasteiger partial charge in [0.25, 0.3) is 5.91 Å². The largest absolute Gasteiger partial charge is 0.381 e. The Kier molecular flexibility index (Phi) is 5.11. The number of methoxy groups -OCH3 is 1. The van der Waals surface area contributed by atoms with Gasteiger partial charge in [-0.1, -0.05) is 0 Å². The lowest BCUT2D eigenvalue weighted by Crippen LogP contribution is -2.52. The smallest absolute Gasteiger partial charge is 0.252 e. The number of nitrogens with two attached hydrogens (primary N) is 2. The predicted octanol–water partition coefficient (Wildman–Crippen LogP) is -1.23. The van der Waals surface area contributed by atoms with Gasteiger partial charge in [0.2, 0.25) is 5.91 Å². The minimum Gasteiger partial charge on any atom is -0.381 e. The van der Waals surface area contributed by atoms with Crippen molar-refractivity contribution >= 4 is 11.8 Å². The average molecular weight is 204 g/mol. The Morgan fingerprint density at radius 2 is 1.93 bits per heavy atom. The van der Waals surface area contributed by atoms with Crippen molar-refractivity contribution in [1.82, 2.24) is 0 Å². The van der Waals surface area contributed by atoms with Crippen molar-refractivity contribution in [3.63, 3.8) is 0 Å². The molecule has 0 aromatic carbocycles. The number of hydrogen-bond donors (Lipinski definition) is 2. The van der Waals surface area contributed by atoms with Gasteiger partial charge in [-0.15, -0.1) is 0 Å². The van der Waals surface area contributed by atoms with Crippen LogP contribution >= 0.6 is 0 Å². The van der Waals surface area contributed by atoms with Gasteiger partial charge in [-0.3, -0.25) is 9.59 Å². The molecule has 6 heteroatoms. The minimum absolute atomic E-state index is 0.0842. The second-order valence-electron chi connectivity index (χ2n) is 2.87. The van der Waals surface area contributed by atoms with Crippen LogP contribution in [0.3, 0.4) is 0 Å². The molecular formula is C8H16N2O4. The zero-order valence-electron chi connectivity index (χ0n) is 8.41. The highest BCUT2D eigenvalue weighted by Crippen LogP contribution is 2.16. The summed E-state index contributed by atoms with van der Waals surface area (Å²) in [6.07, 6.45) is -0.274. The van der Waals surface area contributed by atoms with Crippen molar-refractivity contribution in [1.29, 1.82) is 0 Å². The quantitative estimate of drug-likeness (QED) is 0.541. The Morgan fingerprint density at radius 1 is 1.36 bits per heavy atom. The van der Waals surface area contributed by atoms with Crippen LogP contribution < -0.4 is 11.5 Å². The third-order valence-electron chi connectivity index (χ3n) is 1.71. The fraction of sp³-hybridized carbons (Fsp3) is 0.750. The monoisotopic (exact) mass is 204 g/mol. The predicted molar refractivity (Wildman–Crippen MR) is 49.2 cm³/mol. The molecule has 1 atom stereocenters. The molecule has 0 aromatic heterocycles. The zero-order chi connectivity index (χ0) is 11.2. The van der Waals surface area contributed by atoms with Crippen molar-refractivity contribution in [2.75, 3.05) is 20.3 Å². The fourth-order valence-corrected chi connectivity index (χ4v) is 1.16. The lowest BCUT2D eigenvalue weighted by molar-refractivity contribution is -0.156. The second kappa shape index (κ2) is 5.56. The number of carbonyl (C=O) groups is 2. The van der Waals surface area contributed by atoms with Crippen molar-refractivity contribution in [3.8, 4) is 0 Å². The lowest BCUT2D eigenvalue weighted by atomic mass is 9.99. The van der Waals surface area contributed by atoms with E-state index in [0.29, 0.717) is 0 Å². The molecule has 0 aliphatic rings. The number of primary amides is 2. The molecule has 0 rings (SSSR count). The van der Waals surface area contributed by atoms with E-state index in [1.807, 2.05) is 0 Å². The number of hydrogen-bond acceptors (Lipinski definition) is 4. The number of rotatable bonds is 7. The molecule has 2 amide bonds. The molecule has 0 aromatic rings. The summed E-state index contributed by atoms with van der Waals surface area (Å²) in [4.78, 5) is 21.9. The van der Waals surface area contributed by atoms with E-state index in [0.717, 1.165) is 0 Å². The SMILES string of the molecule is CCO[C@](COC)(CC(N)=O)C(N)=O. The molecule has 0 radical (unpaired) electrons. The van der Waals surface area contributed by atoms with E-state index in [-0.39, 0.29) is 19.6 Å². The highest BCUT2D eigenvalue weighted by Gasteiger charge is 2.39.